The number of pyridine rings is 1. The van der Waals surface area contributed by atoms with Crippen molar-refractivity contribution in [3.05, 3.63) is 81.7 Å². The molecule has 2 heterocycles. The van der Waals surface area contributed by atoms with Crippen LogP contribution in [-0.2, 0) is 13.1 Å². The van der Waals surface area contributed by atoms with Crippen LogP contribution in [0.5, 0.6) is 5.75 Å². The molecule has 0 fully saturated rings. The number of rotatable bonds is 11. The quantitative estimate of drug-likeness (QED) is 0.340. The highest BCUT2D eigenvalue weighted by atomic mass is 19.1. The lowest BCUT2D eigenvalue weighted by Crippen LogP contribution is -2.34. The highest BCUT2D eigenvalue weighted by Crippen LogP contribution is 2.25. The summed E-state index contributed by atoms with van der Waals surface area (Å²) in [6.07, 6.45) is 0.657. The van der Waals surface area contributed by atoms with Gasteiger partial charge in [-0.15, -0.1) is 5.10 Å². The van der Waals surface area contributed by atoms with Gasteiger partial charge in [0.25, 0.3) is 5.56 Å². The number of ether oxygens (including phenoxy) is 1. The van der Waals surface area contributed by atoms with Crippen molar-refractivity contribution in [3.8, 4) is 5.75 Å². The second kappa shape index (κ2) is 11.2. The Bertz CT molecular complexity index is 1320. The predicted octanol–water partition coefficient (Wildman–Crippen LogP) is 3.05. The minimum absolute atomic E-state index is 0.0873. The first kappa shape index (κ1) is 24.5. The fourth-order valence-electron chi connectivity index (χ4n) is 4.23. The van der Waals surface area contributed by atoms with Crippen LogP contribution in [0, 0.1) is 5.82 Å². The average molecular weight is 481 g/mol. The average Bonchev–Trinajstić information content (AvgIpc) is 3.29. The molecule has 1 atom stereocenters. The lowest BCUT2D eigenvalue weighted by molar-refractivity contribution is 0.131. The summed E-state index contributed by atoms with van der Waals surface area (Å²) >= 11 is 0. The number of nitrogens with one attached hydrogen (secondary N) is 1. The molecule has 0 amide bonds. The number of tetrazole rings is 1. The third kappa shape index (κ3) is 5.72. The smallest absolute Gasteiger partial charge is 0.252 e. The Kier molecular flexibility index (Phi) is 7.84. The predicted molar refractivity (Wildman–Crippen MR) is 130 cm³/mol. The Morgan fingerprint density at radius 3 is 2.69 bits per heavy atom. The van der Waals surface area contributed by atoms with Gasteiger partial charge in [-0.25, -0.2) is 9.07 Å². The van der Waals surface area contributed by atoms with Crippen LogP contribution in [-0.4, -0.2) is 55.0 Å². The molecule has 9 nitrogen and oxygen atoms in total. The Morgan fingerprint density at radius 1 is 1.17 bits per heavy atom. The van der Waals surface area contributed by atoms with Gasteiger partial charge in [0, 0.05) is 29.6 Å². The van der Waals surface area contributed by atoms with Crippen molar-refractivity contribution in [3.63, 3.8) is 0 Å². The Morgan fingerprint density at radius 2 is 1.97 bits per heavy atom. The minimum atomic E-state index is -0.305. The maximum atomic E-state index is 13.3. The summed E-state index contributed by atoms with van der Waals surface area (Å²) in [5, 5.41) is 22.9. The Labute approximate surface area is 202 Å². The molecule has 0 spiro atoms. The molecular formula is C25H29FN6O3. The van der Waals surface area contributed by atoms with E-state index in [-0.39, 0.29) is 24.0 Å². The lowest BCUT2D eigenvalue weighted by Gasteiger charge is -2.29. The highest BCUT2D eigenvalue weighted by Gasteiger charge is 2.25. The standard InChI is InChI=1S/C25H29FN6O3/c1-3-23(24-28-29-30-32(24)15-17-5-7-20(26)8-6-17)31(11-12-33)16-19-13-18-14-21(35-4-2)9-10-22(18)27-25(19)34/h5-10,13-14,23,33H,3-4,11-12,15-16H2,1-2H3,(H,27,34). The van der Waals surface area contributed by atoms with Gasteiger partial charge in [-0.2, -0.15) is 0 Å². The summed E-state index contributed by atoms with van der Waals surface area (Å²) in [6, 6.07) is 13.3. The van der Waals surface area contributed by atoms with Gasteiger partial charge in [0.15, 0.2) is 5.82 Å². The summed E-state index contributed by atoms with van der Waals surface area (Å²) in [5.41, 5.74) is 1.96. The molecule has 0 aliphatic carbocycles. The molecule has 4 rings (SSSR count). The van der Waals surface area contributed by atoms with Crippen LogP contribution < -0.4 is 10.3 Å². The summed E-state index contributed by atoms with van der Waals surface area (Å²) < 4.78 is 20.6. The van der Waals surface area contributed by atoms with Crippen LogP contribution in [0.4, 0.5) is 4.39 Å². The van der Waals surface area contributed by atoms with Crippen molar-refractivity contribution in [1.29, 1.82) is 0 Å². The molecule has 0 saturated heterocycles. The zero-order chi connectivity index (χ0) is 24.8. The van der Waals surface area contributed by atoms with Gasteiger partial charge in [0.1, 0.15) is 11.6 Å². The molecule has 0 saturated carbocycles. The number of aromatic nitrogens is 5. The van der Waals surface area contributed by atoms with E-state index < -0.39 is 0 Å². The van der Waals surface area contributed by atoms with Gasteiger partial charge >= 0.3 is 0 Å². The number of benzene rings is 2. The number of aromatic amines is 1. The molecule has 0 radical (unpaired) electrons. The van der Waals surface area contributed by atoms with Gasteiger partial charge in [-0.05, 0) is 65.7 Å². The maximum Gasteiger partial charge on any atom is 0.252 e. The van der Waals surface area contributed by atoms with Gasteiger partial charge in [0.05, 0.1) is 25.8 Å². The highest BCUT2D eigenvalue weighted by molar-refractivity contribution is 5.80. The van der Waals surface area contributed by atoms with E-state index in [4.69, 9.17) is 4.74 Å². The van der Waals surface area contributed by atoms with Crippen LogP contribution in [0.25, 0.3) is 10.9 Å². The molecule has 0 aliphatic rings. The zero-order valence-corrected chi connectivity index (χ0v) is 19.8. The number of fused-ring (bicyclic) bond motifs is 1. The molecule has 184 valence electrons. The molecular weight excluding hydrogens is 451 g/mol. The van der Waals surface area contributed by atoms with Crippen molar-refractivity contribution < 1.29 is 14.2 Å². The van der Waals surface area contributed by atoms with Crippen molar-refractivity contribution in [2.75, 3.05) is 19.8 Å². The second-order valence-electron chi connectivity index (χ2n) is 8.25. The van der Waals surface area contributed by atoms with E-state index in [2.05, 4.69) is 20.5 Å². The number of hydrogen-bond acceptors (Lipinski definition) is 7. The van der Waals surface area contributed by atoms with Crippen molar-refractivity contribution in [2.24, 2.45) is 0 Å². The van der Waals surface area contributed by atoms with Gasteiger partial charge in [-0.1, -0.05) is 19.1 Å². The zero-order valence-electron chi connectivity index (χ0n) is 19.8. The number of halogens is 1. The first-order valence-corrected chi connectivity index (χ1v) is 11.7. The largest absolute Gasteiger partial charge is 0.494 e. The minimum Gasteiger partial charge on any atom is -0.494 e. The van der Waals surface area contributed by atoms with Crippen molar-refractivity contribution in [1.82, 2.24) is 30.1 Å². The Hall–Kier alpha value is -3.63. The maximum absolute atomic E-state index is 13.3. The summed E-state index contributed by atoms with van der Waals surface area (Å²) in [6.45, 7) is 5.40. The van der Waals surface area contributed by atoms with Gasteiger partial charge in [0.2, 0.25) is 0 Å². The summed E-state index contributed by atoms with van der Waals surface area (Å²) in [5.74, 6) is 1.04. The topological polar surface area (TPSA) is 109 Å². The van der Waals surface area contributed by atoms with Gasteiger partial charge < -0.3 is 14.8 Å². The molecule has 0 bridgehead atoms. The van der Waals surface area contributed by atoms with E-state index in [0.29, 0.717) is 44.0 Å². The van der Waals surface area contributed by atoms with Crippen molar-refractivity contribution in [2.45, 2.75) is 39.4 Å². The normalized spacial score (nSPS) is 12.4. The van der Waals surface area contributed by atoms with Crippen molar-refractivity contribution >= 4 is 10.9 Å². The van der Waals surface area contributed by atoms with Crippen LogP contribution in [0.3, 0.4) is 0 Å². The molecule has 4 aromatic rings. The molecule has 35 heavy (non-hydrogen) atoms. The van der Waals surface area contributed by atoms with Crippen LogP contribution >= 0.6 is 0 Å². The van der Waals surface area contributed by atoms with Gasteiger partial charge in [-0.3, -0.25) is 9.69 Å². The van der Waals surface area contributed by atoms with E-state index >= 15 is 0 Å². The molecule has 2 aromatic carbocycles. The molecule has 10 heteroatoms. The third-order valence-corrected chi connectivity index (χ3v) is 5.89. The van der Waals surface area contributed by atoms with E-state index in [0.717, 1.165) is 22.2 Å². The fourth-order valence-corrected chi connectivity index (χ4v) is 4.23. The number of aliphatic hydroxyl groups is 1. The fraction of sp³-hybridized carbons (Fsp3) is 0.360. The Balaban J connectivity index is 1.63. The SMILES string of the molecule is CCOc1ccc2[nH]c(=O)c(CN(CCO)C(CC)c3nnnn3Cc3ccc(F)cc3)cc2c1. The molecule has 2 aromatic heterocycles. The van der Waals surface area contributed by atoms with Crippen LogP contribution in [0.1, 0.15) is 43.3 Å². The first-order valence-electron chi connectivity index (χ1n) is 11.7. The van der Waals surface area contributed by atoms with Crippen LogP contribution in [0.15, 0.2) is 53.3 Å². The first-order chi connectivity index (χ1) is 17.0. The number of hydrogen-bond donors (Lipinski definition) is 2. The molecule has 0 aliphatic heterocycles. The summed E-state index contributed by atoms with van der Waals surface area (Å²) in [7, 11) is 0. The van der Waals surface area contributed by atoms with E-state index in [1.54, 1.807) is 16.8 Å². The number of H-pyrrole nitrogens is 1. The molecule has 2 N–H and O–H groups in total. The third-order valence-electron chi connectivity index (χ3n) is 5.89. The second-order valence-corrected chi connectivity index (χ2v) is 8.25. The van der Waals surface area contributed by atoms with E-state index in [1.807, 2.05) is 43.0 Å². The lowest BCUT2D eigenvalue weighted by atomic mass is 10.1. The number of nitrogens with zero attached hydrogens (tertiary/aromatic N) is 5. The van der Waals surface area contributed by atoms with E-state index in [9.17, 15) is 14.3 Å². The monoisotopic (exact) mass is 480 g/mol. The molecule has 1 unspecified atom stereocenters. The van der Waals surface area contributed by atoms with E-state index in [1.165, 1.54) is 12.1 Å². The number of aliphatic hydroxyl groups excluding tert-OH is 1. The van der Waals surface area contributed by atoms with Crippen LogP contribution in [0.2, 0.25) is 0 Å². The summed E-state index contributed by atoms with van der Waals surface area (Å²) in [4.78, 5) is 17.8.